The van der Waals surface area contributed by atoms with E-state index in [1.54, 1.807) is 0 Å². The number of ketones is 1. The molecular weight excluding hydrogens is 206 g/mol. The van der Waals surface area contributed by atoms with Crippen LogP contribution in [0.15, 0.2) is 0 Å². The SMILES string of the molecule is CCCC1C(=O)C(C)C(C)C([N+](=O)[O-])C1C. The second-order valence-corrected chi connectivity index (χ2v) is 5.08. The normalized spacial score (nSPS) is 39.8. The number of hydrogen-bond acceptors (Lipinski definition) is 3. The van der Waals surface area contributed by atoms with Crippen LogP contribution in [0.4, 0.5) is 0 Å². The minimum atomic E-state index is -0.566. The van der Waals surface area contributed by atoms with Gasteiger partial charge in [0.1, 0.15) is 5.78 Å². The van der Waals surface area contributed by atoms with Crippen molar-refractivity contribution in [3.8, 4) is 0 Å². The van der Waals surface area contributed by atoms with Gasteiger partial charge in [0.25, 0.3) is 0 Å². The van der Waals surface area contributed by atoms with Crippen LogP contribution < -0.4 is 0 Å². The van der Waals surface area contributed by atoms with Crippen molar-refractivity contribution in [2.24, 2.45) is 23.7 Å². The third-order valence-corrected chi connectivity index (χ3v) is 4.16. The first-order chi connectivity index (χ1) is 7.41. The predicted octanol–water partition coefficient (Wildman–Crippen LogP) is 2.54. The first-order valence-electron chi connectivity index (χ1n) is 6.09. The number of carbonyl (C=O) groups is 1. The second-order valence-electron chi connectivity index (χ2n) is 5.08. The Labute approximate surface area is 96.6 Å². The zero-order chi connectivity index (χ0) is 12.5. The van der Waals surface area contributed by atoms with Crippen LogP contribution in [0.25, 0.3) is 0 Å². The molecule has 0 bridgehead atoms. The summed E-state index contributed by atoms with van der Waals surface area (Å²) >= 11 is 0. The van der Waals surface area contributed by atoms with Gasteiger partial charge >= 0.3 is 0 Å². The van der Waals surface area contributed by atoms with Gasteiger partial charge in [-0.3, -0.25) is 14.9 Å². The van der Waals surface area contributed by atoms with Gasteiger partial charge in [-0.2, -0.15) is 0 Å². The van der Waals surface area contributed by atoms with Gasteiger partial charge in [0.2, 0.25) is 6.04 Å². The first-order valence-corrected chi connectivity index (χ1v) is 6.09. The average Bonchev–Trinajstić information content (AvgIpc) is 2.21. The molecule has 1 aliphatic rings. The van der Waals surface area contributed by atoms with Crippen molar-refractivity contribution >= 4 is 5.78 Å². The summed E-state index contributed by atoms with van der Waals surface area (Å²) in [6.07, 6.45) is 1.69. The van der Waals surface area contributed by atoms with Crippen LogP contribution in [0.5, 0.6) is 0 Å². The van der Waals surface area contributed by atoms with Crippen molar-refractivity contribution in [3.05, 3.63) is 10.1 Å². The lowest BCUT2D eigenvalue weighted by molar-refractivity contribution is -0.545. The number of carbonyl (C=O) groups excluding carboxylic acids is 1. The Balaban J connectivity index is 2.97. The van der Waals surface area contributed by atoms with Gasteiger partial charge in [0.05, 0.1) is 0 Å². The second kappa shape index (κ2) is 4.93. The Morgan fingerprint density at radius 3 is 2.25 bits per heavy atom. The summed E-state index contributed by atoms with van der Waals surface area (Å²) in [6, 6.07) is -0.566. The summed E-state index contributed by atoms with van der Waals surface area (Å²) in [5.74, 6) is -0.353. The molecule has 0 saturated heterocycles. The average molecular weight is 227 g/mol. The molecule has 16 heavy (non-hydrogen) atoms. The zero-order valence-electron chi connectivity index (χ0n) is 10.5. The number of Topliss-reactive ketones (excluding diaryl/α,β-unsaturated/α-hetero) is 1. The lowest BCUT2D eigenvalue weighted by Crippen LogP contribution is -2.50. The molecular formula is C12H21NO3. The van der Waals surface area contributed by atoms with Gasteiger partial charge in [0.15, 0.2) is 0 Å². The molecule has 0 aromatic rings. The van der Waals surface area contributed by atoms with E-state index in [-0.39, 0.29) is 34.4 Å². The van der Waals surface area contributed by atoms with Gasteiger partial charge < -0.3 is 0 Å². The smallest absolute Gasteiger partial charge is 0.219 e. The van der Waals surface area contributed by atoms with Gasteiger partial charge in [-0.05, 0) is 6.42 Å². The molecule has 1 rings (SSSR count). The minimum absolute atomic E-state index is 0.119. The molecule has 1 fully saturated rings. The summed E-state index contributed by atoms with van der Waals surface area (Å²) in [5, 5.41) is 11.1. The third-order valence-electron chi connectivity index (χ3n) is 4.16. The van der Waals surface area contributed by atoms with Crippen LogP contribution in [0, 0.1) is 33.8 Å². The van der Waals surface area contributed by atoms with Crippen molar-refractivity contribution in [2.75, 3.05) is 0 Å². The predicted molar refractivity (Wildman–Crippen MR) is 61.7 cm³/mol. The molecule has 0 amide bonds. The molecule has 0 aromatic carbocycles. The fourth-order valence-electron chi connectivity index (χ4n) is 2.97. The summed E-state index contributed by atoms with van der Waals surface area (Å²) < 4.78 is 0. The third kappa shape index (κ3) is 2.11. The number of nitro groups is 1. The van der Waals surface area contributed by atoms with E-state index >= 15 is 0 Å². The van der Waals surface area contributed by atoms with E-state index < -0.39 is 6.04 Å². The maximum Gasteiger partial charge on any atom is 0.219 e. The highest BCUT2D eigenvalue weighted by molar-refractivity contribution is 5.84. The molecule has 0 radical (unpaired) electrons. The molecule has 1 aliphatic carbocycles. The van der Waals surface area contributed by atoms with E-state index in [0.717, 1.165) is 12.8 Å². The highest BCUT2D eigenvalue weighted by Crippen LogP contribution is 2.38. The van der Waals surface area contributed by atoms with Crippen molar-refractivity contribution < 1.29 is 9.72 Å². The van der Waals surface area contributed by atoms with Gasteiger partial charge in [-0.1, -0.05) is 34.1 Å². The Morgan fingerprint density at radius 1 is 1.25 bits per heavy atom. The standard InChI is InChI=1S/C12H21NO3/c1-5-6-10-9(4)11(13(15)16)7(2)8(3)12(10)14/h7-11H,5-6H2,1-4H3. The molecule has 92 valence electrons. The summed E-state index contributed by atoms with van der Waals surface area (Å²) in [6.45, 7) is 7.53. The fraction of sp³-hybridized carbons (Fsp3) is 0.917. The summed E-state index contributed by atoms with van der Waals surface area (Å²) in [5.41, 5.74) is 0. The minimum Gasteiger partial charge on any atom is -0.299 e. The zero-order valence-corrected chi connectivity index (χ0v) is 10.5. The van der Waals surface area contributed by atoms with Crippen molar-refractivity contribution in [1.29, 1.82) is 0 Å². The van der Waals surface area contributed by atoms with Crippen LogP contribution in [0.2, 0.25) is 0 Å². The van der Waals surface area contributed by atoms with Crippen molar-refractivity contribution in [3.63, 3.8) is 0 Å². The Hall–Kier alpha value is -0.930. The largest absolute Gasteiger partial charge is 0.299 e. The van der Waals surface area contributed by atoms with Gasteiger partial charge in [0, 0.05) is 28.6 Å². The maximum absolute atomic E-state index is 12.1. The van der Waals surface area contributed by atoms with Crippen LogP contribution in [0.1, 0.15) is 40.5 Å². The van der Waals surface area contributed by atoms with E-state index in [1.807, 2.05) is 27.7 Å². The molecule has 0 heterocycles. The molecule has 0 N–H and O–H groups in total. The van der Waals surface area contributed by atoms with E-state index in [2.05, 4.69) is 0 Å². The Morgan fingerprint density at radius 2 is 1.81 bits per heavy atom. The monoisotopic (exact) mass is 227 g/mol. The Kier molecular flexibility index (Phi) is 4.05. The molecule has 5 atom stereocenters. The first kappa shape index (κ1) is 13.1. The van der Waals surface area contributed by atoms with E-state index in [4.69, 9.17) is 0 Å². The quantitative estimate of drug-likeness (QED) is 0.550. The van der Waals surface area contributed by atoms with E-state index in [9.17, 15) is 14.9 Å². The van der Waals surface area contributed by atoms with Gasteiger partial charge in [-0.15, -0.1) is 0 Å². The molecule has 0 aliphatic heterocycles. The van der Waals surface area contributed by atoms with E-state index in [0.29, 0.717) is 0 Å². The fourth-order valence-corrected chi connectivity index (χ4v) is 2.97. The molecule has 1 saturated carbocycles. The van der Waals surface area contributed by atoms with Gasteiger partial charge in [-0.25, -0.2) is 0 Å². The highest BCUT2D eigenvalue weighted by atomic mass is 16.6. The highest BCUT2D eigenvalue weighted by Gasteiger charge is 2.49. The maximum atomic E-state index is 12.1. The molecule has 0 aromatic heterocycles. The van der Waals surface area contributed by atoms with E-state index in [1.165, 1.54) is 0 Å². The molecule has 4 heteroatoms. The van der Waals surface area contributed by atoms with Crippen LogP contribution >= 0.6 is 0 Å². The lowest BCUT2D eigenvalue weighted by atomic mass is 9.65. The number of hydrogen-bond donors (Lipinski definition) is 0. The number of rotatable bonds is 3. The molecule has 0 spiro atoms. The lowest BCUT2D eigenvalue weighted by Gasteiger charge is -2.37. The van der Waals surface area contributed by atoms with Crippen LogP contribution in [-0.2, 0) is 4.79 Å². The summed E-state index contributed by atoms with van der Waals surface area (Å²) in [4.78, 5) is 23.0. The van der Waals surface area contributed by atoms with Crippen molar-refractivity contribution in [1.82, 2.24) is 0 Å². The topological polar surface area (TPSA) is 60.2 Å². The number of nitrogens with zero attached hydrogens (tertiary/aromatic N) is 1. The van der Waals surface area contributed by atoms with Crippen LogP contribution in [0.3, 0.4) is 0 Å². The molecule has 4 nitrogen and oxygen atoms in total. The summed E-state index contributed by atoms with van der Waals surface area (Å²) in [7, 11) is 0. The van der Waals surface area contributed by atoms with Crippen molar-refractivity contribution in [2.45, 2.75) is 46.6 Å². The molecule has 5 unspecified atom stereocenters. The Bertz CT molecular complexity index is 290. The van der Waals surface area contributed by atoms with Crippen LogP contribution in [-0.4, -0.2) is 16.7 Å².